The zero-order valence-corrected chi connectivity index (χ0v) is 11.8. The van der Waals surface area contributed by atoms with Gasteiger partial charge in [-0.15, -0.1) is 0 Å². The molecule has 0 aromatic carbocycles. The van der Waals surface area contributed by atoms with E-state index in [1.54, 1.807) is 0 Å². The van der Waals surface area contributed by atoms with Crippen LogP contribution in [0.1, 0.15) is 26.7 Å². The molecule has 19 heavy (non-hydrogen) atoms. The second-order valence-electron chi connectivity index (χ2n) is 3.69. The van der Waals surface area contributed by atoms with Crippen LogP contribution in [-0.4, -0.2) is 40.6 Å². The Balaban J connectivity index is 2.48. The normalized spacial score (nSPS) is 10.1. The molecule has 0 saturated carbocycles. The van der Waals surface area contributed by atoms with Crippen LogP contribution in [0.2, 0.25) is 5.28 Å². The number of aromatic nitrogens is 3. The SMILES string of the molecule is CCCOc1nc(Cl)nc(NCCC(=O)NCC)n1. The first-order valence-corrected chi connectivity index (χ1v) is 6.58. The molecular weight excluding hydrogens is 270 g/mol. The lowest BCUT2D eigenvalue weighted by atomic mass is 10.4. The number of anilines is 1. The molecule has 1 rings (SSSR count). The quantitative estimate of drug-likeness (QED) is 0.748. The molecule has 0 fully saturated rings. The minimum atomic E-state index is -0.0300. The number of ether oxygens (including phenoxy) is 1. The molecule has 1 aromatic heterocycles. The van der Waals surface area contributed by atoms with Crippen molar-refractivity contribution in [2.24, 2.45) is 0 Å². The standard InChI is InChI=1S/C11H18ClN5O2/c1-3-7-19-11-16-9(12)15-10(17-11)14-6-5-8(18)13-4-2/h3-7H2,1-2H3,(H,13,18)(H,14,15,16,17). The lowest BCUT2D eigenvalue weighted by molar-refractivity contribution is -0.120. The Morgan fingerprint density at radius 1 is 1.32 bits per heavy atom. The highest BCUT2D eigenvalue weighted by Gasteiger charge is 2.06. The first-order valence-electron chi connectivity index (χ1n) is 6.20. The molecule has 8 heteroatoms. The molecule has 1 heterocycles. The second kappa shape index (κ2) is 8.47. The Morgan fingerprint density at radius 3 is 2.79 bits per heavy atom. The van der Waals surface area contributed by atoms with E-state index >= 15 is 0 Å². The van der Waals surface area contributed by atoms with E-state index in [-0.39, 0.29) is 17.2 Å². The van der Waals surface area contributed by atoms with Gasteiger partial charge in [-0.1, -0.05) is 6.92 Å². The van der Waals surface area contributed by atoms with Crippen molar-refractivity contribution in [2.45, 2.75) is 26.7 Å². The van der Waals surface area contributed by atoms with Gasteiger partial charge in [0.2, 0.25) is 17.1 Å². The Labute approximate surface area is 117 Å². The molecule has 106 valence electrons. The summed E-state index contributed by atoms with van der Waals surface area (Å²) >= 11 is 5.76. The summed E-state index contributed by atoms with van der Waals surface area (Å²) in [5, 5.41) is 5.66. The van der Waals surface area contributed by atoms with Gasteiger partial charge in [-0.25, -0.2) is 0 Å². The number of nitrogens with zero attached hydrogens (tertiary/aromatic N) is 3. The summed E-state index contributed by atoms with van der Waals surface area (Å²) < 4.78 is 5.28. The van der Waals surface area contributed by atoms with E-state index in [4.69, 9.17) is 16.3 Å². The molecule has 0 aliphatic carbocycles. The van der Waals surface area contributed by atoms with Gasteiger partial charge in [0.25, 0.3) is 0 Å². The molecule has 0 spiro atoms. The highest BCUT2D eigenvalue weighted by molar-refractivity contribution is 6.28. The zero-order chi connectivity index (χ0) is 14.1. The largest absolute Gasteiger partial charge is 0.463 e. The Morgan fingerprint density at radius 2 is 2.11 bits per heavy atom. The molecule has 0 aliphatic rings. The number of rotatable bonds is 8. The van der Waals surface area contributed by atoms with E-state index in [2.05, 4.69) is 25.6 Å². The minimum absolute atomic E-state index is 0.0300. The van der Waals surface area contributed by atoms with Crippen molar-refractivity contribution in [1.82, 2.24) is 20.3 Å². The molecule has 1 amide bonds. The van der Waals surface area contributed by atoms with Crippen molar-refractivity contribution in [3.63, 3.8) is 0 Å². The van der Waals surface area contributed by atoms with Gasteiger partial charge < -0.3 is 15.4 Å². The Bertz CT molecular complexity index is 416. The van der Waals surface area contributed by atoms with Gasteiger partial charge in [0.1, 0.15) is 0 Å². The number of halogens is 1. The van der Waals surface area contributed by atoms with E-state index in [9.17, 15) is 4.79 Å². The number of carbonyl (C=O) groups is 1. The van der Waals surface area contributed by atoms with Crippen LogP contribution >= 0.6 is 11.6 Å². The van der Waals surface area contributed by atoms with Gasteiger partial charge in [0, 0.05) is 19.5 Å². The number of hydrogen-bond acceptors (Lipinski definition) is 6. The van der Waals surface area contributed by atoms with Crippen LogP contribution in [0.15, 0.2) is 0 Å². The van der Waals surface area contributed by atoms with Crippen LogP contribution in [0.25, 0.3) is 0 Å². The highest BCUT2D eigenvalue weighted by atomic mass is 35.5. The monoisotopic (exact) mass is 287 g/mol. The fourth-order valence-corrected chi connectivity index (χ4v) is 1.39. The fourth-order valence-electron chi connectivity index (χ4n) is 1.24. The van der Waals surface area contributed by atoms with Gasteiger partial charge in [0.15, 0.2) is 0 Å². The summed E-state index contributed by atoms with van der Waals surface area (Å²) in [7, 11) is 0. The maximum atomic E-state index is 11.3. The second-order valence-corrected chi connectivity index (χ2v) is 4.03. The topological polar surface area (TPSA) is 89.0 Å². The summed E-state index contributed by atoms with van der Waals surface area (Å²) in [6, 6.07) is 0.183. The van der Waals surface area contributed by atoms with Gasteiger partial charge in [-0.05, 0) is 24.9 Å². The maximum absolute atomic E-state index is 11.3. The summed E-state index contributed by atoms with van der Waals surface area (Å²) in [6.07, 6.45) is 1.19. The molecule has 7 nitrogen and oxygen atoms in total. The summed E-state index contributed by atoms with van der Waals surface area (Å²) in [4.78, 5) is 23.0. The first-order chi connectivity index (χ1) is 9.15. The van der Waals surface area contributed by atoms with E-state index in [1.165, 1.54) is 0 Å². The van der Waals surface area contributed by atoms with Gasteiger partial charge in [-0.3, -0.25) is 4.79 Å². The fraction of sp³-hybridized carbons (Fsp3) is 0.636. The molecule has 0 unspecified atom stereocenters. The Hall–Kier alpha value is -1.63. The summed E-state index contributed by atoms with van der Waals surface area (Å²) in [5.74, 6) is 0.271. The number of hydrogen-bond donors (Lipinski definition) is 2. The molecule has 0 radical (unpaired) electrons. The zero-order valence-electron chi connectivity index (χ0n) is 11.1. The Kier molecular flexibility index (Phi) is 6.88. The summed E-state index contributed by atoms with van der Waals surface area (Å²) in [5.41, 5.74) is 0. The maximum Gasteiger partial charge on any atom is 0.322 e. The lowest BCUT2D eigenvalue weighted by Crippen LogP contribution is -2.25. The molecule has 0 atom stereocenters. The smallest absolute Gasteiger partial charge is 0.322 e. The molecule has 0 saturated heterocycles. The van der Waals surface area contributed by atoms with Crippen molar-refractivity contribution in [1.29, 1.82) is 0 Å². The third-order valence-electron chi connectivity index (χ3n) is 2.03. The molecular formula is C11H18ClN5O2. The van der Waals surface area contributed by atoms with Crippen molar-refractivity contribution in [2.75, 3.05) is 25.0 Å². The van der Waals surface area contributed by atoms with Gasteiger partial charge in [0.05, 0.1) is 6.61 Å². The number of carbonyl (C=O) groups excluding carboxylic acids is 1. The number of nitrogens with one attached hydrogen (secondary N) is 2. The van der Waals surface area contributed by atoms with Crippen LogP contribution in [0.3, 0.4) is 0 Å². The highest BCUT2D eigenvalue weighted by Crippen LogP contribution is 2.11. The van der Waals surface area contributed by atoms with Crippen LogP contribution in [0.4, 0.5) is 5.95 Å². The van der Waals surface area contributed by atoms with Crippen molar-refractivity contribution in [3.05, 3.63) is 5.28 Å². The third kappa shape index (κ3) is 6.19. The minimum Gasteiger partial charge on any atom is -0.463 e. The van der Waals surface area contributed by atoms with Gasteiger partial charge >= 0.3 is 6.01 Å². The predicted octanol–water partition coefficient (Wildman–Crippen LogP) is 1.25. The summed E-state index contributed by atoms with van der Waals surface area (Å²) in [6.45, 7) is 5.40. The molecule has 0 bridgehead atoms. The molecule has 1 aromatic rings. The molecule has 0 aliphatic heterocycles. The van der Waals surface area contributed by atoms with E-state index in [1.807, 2.05) is 13.8 Å². The van der Waals surface area contributed by atoms with E-state index < -0.39 is 0 Å². The van der Waals surface area contributed by atoms with E-state index in [0.717, 1.165) is 6.42 Å². The van der Waals surface area contributed by atoms with Crippen molar-refractivity contribution < 1.29 is 9.53 Å². The van der Waals surface area contributed by atoms with Crippen molar-refractivity contribution >= 4 is 23.5 Å². The van der Waals surface area contributed by atoms with Crippen LogP contribution in [-0.2, 0) is 4.79 Å². The average Bonchev–Trinajstić information content (AvgIpc) is 2.36. The third-order valence-corrected chi connectivity index (χ3v) is 2.20. The average molecular weight is 288 g/mol. The predicted molar refractivity (Wildman–Crippen MR) is 72.4 cm³/mol. The van der Waals surface area contributed by atoms with Crippen LogP contribution in [0, 0.1) is 0 Å². The van der Waals surface area contributed by atoms with Crippen LogP contribution in [0.5, 0.6) is 6.01 Å². The molecule has 2 N–H and O–H groups in total. The van der Waals surface area contributed by atoms with Crippen molar-refractivity contribution in [3.8, 4) is 6.01 Å². The van der Waals surface area contributed by atoms with E-state index in [0.29, 0.717) is 32.1 Å². The van der Waals surface area contributed by atoms with Gasteiger partial charge in [-0.2, -0.15) is 15.0 Å². The lowest BCUT2D eigenvalue weighted by Gasteiger charge is -2.07. The van der Waals surface area contributed by atoms with Crippen LogP contribution < -0.4 is 15.4 Å². The number of amides is 1. The first kappa shape index (κ1) is 15.4.